The van der Waals surface area contributed by atoms with Crippen LogP contribution in [0.2, 0.25) is 0 Å². The monoisotopic (exact) mass is 288 g/mol. The lowest BCUT2D eigenvalue weighted by Gasteiger charge is -2.08. The summed E-state index contributed by atoms with van der Waals surface area (Å²) in [5.74, 6) is -1.57. The predicted molar refractivity (Wildman–Crippen MR) is 79.4 cm³/mol. The molecule has 0 aliphatic carbocycles. The lowest BCUT2D eigenvalue weighted by molar-refractivity contribution is 0.0991. The molecule has 0 spiro atoms. The molecule has 0 radical (unpaired) electrons. The molecule has 0 unspecified atom stereocenters. The van der Waals surface area contributed by atoms with Gasteiger partial charge in [-0.1, -0.05) is 44.2 Å². The molecule has 1 nitrogen and oxygen atoms in total. The van der Waals surface area contributed by atoms with E-state index in [0.717, 1.165) is 18.1 Å². The molecule has 21 heavy (non-hydrogen) atoms. The molecule has 0 saturated carbocycles. The Morgan fingerprint density at radius 2 is 1.81 bits per heavy atom. The molecule has 0 aliphatic rings. The van der Waals surface area contributed by atoms with E-state index in [2.05, 4.69) is 13.8 Å². The molecule has 0 bridgehead atoms. The van der Waals surface area contributed by atoms with Gasteiger partial charge < -0.3 is 0 Å². The van der Waals surface area contributed by atoms with Gasteiger partial charge in [0.05, 0.1) is 0 Å². The van der Waals surface area contributed by atoms with Crippen molar-refractivity contribution in [3.8, 4) is 0 Å². The number of carbonyl (C=O) groups excluding carboxylic acids is 1. The third-order valence-corrected chi connectivity index (χ3v) is 3.28. The Bertz CT molecular complexity index is 647. The highest BCUT2D eigenvalue weighted by Gasteiger charge is 2.13. The van der Waals surface area contributed by atoms with Gasteiger partial charge in [0, 0.05) is 12.0 Å². The van der Waals surface area contributed by atoms with Gasteiger partial charge >= 0.3 is 0 Å². The molecule has 2 aromatic rings. The predicted octanol–water partition coefficient (Wildman–Crippen LogP) is 4.59. The number of rotatable bonds is 5. The van der Waals surface area contributed by atoms with E-state index in [1.807, 2.05) is 18.2 Å². The zero-order chi connectivity index (χ0) is 15.4. The van der Waals surface area contributed by atoms with Crippen molar-refractivity contribution in [1.82, 2.24) is 0 Å². The average Bonchev–Trinajstić information content (AvgIpc) is 2.43. The third kappa shape index (κ3) is 3.97. The normalized spacial score (nSPS) is 10.9. The summed E-state index contributed by atoms with van der Waals surface area (Å²) >= 11 is 0. The van der Waals surface area contributed by atoms with Gasteiger partial charge in [-0.3, -0.25) is 4.79 Å². The SMILES string of the molecule is CC(C)Cc1cccc(C(=O)Cc2cccc(F)c2F)c1. The number of halogens is 2. The second kappa shape index (κ2) is 6.61. The Kier molecular flexibility index (Phi) is 4.84. The number of benzene rings is 2. The van der Waals surface area contributed by atoms with Crippen molar-refractivity contribution in [2.45, 2.75) is 26.7 Å². The Morgan fingerprint density at radius 3 is 2.52 bits per heavy atom. The number of hydrogen-bond acceptors (Lipinski definition) is 1. The van der Waals surface area contributed by atoms with Crippen LogP contribution in [0.1, 0.15) is 35.3 Å². The second-order valence-corrected chi connectivity index (χ2v) is 5.61. The van der Waals surface area contributed by atoms with Crippen molar-refractivity contribution in [1.29, 1.82) is 0 Å². The first kappa shape index (κ1) is 15.4. The van der Waals surface area contributed by atoms with Crippen LogP contribution in [-0.4, -0.2) is 5.78 Å². The highest BCUT2D eigenvalue weighted by Crippen LogP contribution is 2.16. The smallest absolute Gasteiger partial charge is 0.167 e. The molecule has 2 rings (SSSR count). The van der Waals surface area contributed by atoms with E-state index in [0.29, 0.717) is 11.5 Å². The van der Waals surface area contributed by atoms with Crippen LogP contribution in [0.4, 0.5) is 8.78 Å². The lowest BCUT2D eigenvalue weighted by atomic mass is 9.97. The Balaban J connectivity index is 2.18. The molecule has 0 atom stereocenters. The average molecular weight is 288 g/mol. The number of Topliss-reactive ketones (excluding diaryl/α,β-unsaturated/α-hetero) is 1. The summed E-state index contributed by atoms with van der Waals surface area (Å²) in [5.41, 5.74) is 1.71. The molecular formula is C18H18F2O. The van der Waals surface area contributed by atoms with E-state index in [-0.39, 0.29) is 17.8 Å². The number of carbonyl (C=O) groups is 1. The molecule has 0 heterocycles. The van der Waals surface area contributed by atoms with E-state index in [9.17, 15) is 13.6 Å². The van der Waals surface area contributed by atoms with Crippen LogP contribution in [0.25, 0.3) is 0 Å². The fourth-order valence-electron chi connectivity index (χ4n) is 2.30. The molecular weight excluding hydrogens is 270 g/mol. The van der Waals surface area contributed by atoms with E-state index >= 15 is 0 Å². The van der Waals surface area contributed by atoms with E-state index in [1.165, 1.54) is 12.1 Å². The van der Waals surface area contributed by atoms with Crippen LogP contribution >= 0.6 is 0 Å². The Morgan fingerprint density at radius 1 is 1.10 bits per heavy atom. The zero-order valence-electron chi connectivity index (χ0n) is 12.2. The van der Waals surface area contributed by atoms with Crippen molar-refractivity contribution in [2.75, 3.05) is 0 Å². The van der Waals surface area contributed by atoms with Crippen LogP contribution in [0, 0.1) is 17.6 Å². The van der Waals surface area contributed by atoms with Gasteiger partial charge in [-0.05, 0) is 35.6 Å². The lowest BCUT2D eigenvalue weighted by Crippen LogP contribution is -2.07. The third-order valence-electron chi connectivity index (χ3n) is 3.28. The van der Waals surface area contributed by atoms with Crippen LogP contribution in [0.3, 0.4) is 0 Å². The summed E-state index contributed by atoms with van der Waals surface area (Å²) in [5, 5.41) is 0. The Labute approximate surface area is 123 Å². The first-order valence-electron chi connectivity index (χ1n) is 7.02. The summed E-state index contributed by atoms with van der Waals surface area (Å²) < 4.78 is 26.8. The second-order valence-electron chi connectivity index (χ2n) is 5.61. The molecule has 0 fully saturated rings. The van der Waals surface area contributed by atoms with Crippen molar-refractivity contribution in [2.24, 2.45) is 5.92 Å². The van der Waals surface area contributed by atoms with Gasteiger partial charge in [0.2, 0.25) is 0 Å². The first-order chi connectivity index (χ1) is 9.97. The number of hydrogen-bond donors (Lipinski definition) is 0. The van der Waals surface area contributed by atoms with Gasteiger partial charge in [0.15, 0.2) is 17.4 Å². The minimum atomic E-state index is -0.941. The summed E-state index contributed by atoms with van der Waals surface area (Å²) in [6, 6.07) is 11.2. The van der Waals surface area contributed by atoms with Crippen LogP contribution in [0.15, 0.2) is 42.5 Å². The minimum absolute atomic E-state index is 0.0919. The maximum absolute atomic E-state index is 13.6. The van der Waals surface area contributed by atoms with Gasteiger partial charge in [-0.15, -0.1) is 0 Å². The van der Waals surface area contributed by atoms with Crippen LogP contribution in [-0.2, 0) is 12.8 Å². The maximum Gasteiger partial charge on any atom is 0.167 e. The molecule has 2 aromatic carbocycles. The van der Waals surface area contributed by atoms with E-state index < -0.39 is 11.6 Å². The largest absolute Gasteiger partial charge is 0.294 e. The molecule has 0 aliphatic heterocycles. The summed E-state index contributed by atoms with van der Waals surface area (Å²) in [6.07, 6.45) is 0.754. The highest BCUT2D eigenvalue weighted by atomic mass is 19.2. The summed E-state index contributed by atoms with van der Waals surface area (Å²) in [4.78, 5) is 12.2. The van der Waals surface area contributed by atoms with Crippen molar-refractivity contribution in [3.05, 3.63) is 70.8 Å². The Hall–Kier alpha value is -2.03. The summed E-state index contributed by atoms with van der Waals surface area (Å²) in [7, 11) is 0. The highest BCUT2D eigenvalue weighted by molar-refractivity contribution is 5.97. The maximum atomic E-state index is 13.6. The molecule has 0 aromatic heterocycles. The molecule has 0 saturated heterocycles. The van der Waals surface area contributed by atoms with Gasteiger partial charge in [0.25, 0.3) is 0 Å². The quantitative estimate of drug-likeness (QED) is 0.735. The summed E-state index contributed by atoms with van der Waals surface area (Å²) in [6.45, 7) is 4.22. The minimum Gasteiger partial charge on any atom is -0.294 e. The zero-order valence-corrected chi connectivity index (χ0v) is 12.2. The fraction of sp³-hybridized carbons (Fsp3) is 0.278. The van der Waals surface area contributed by atoms with Gasteiger partial charge in [0.1, 0.15) is 0 Å². The van der Waals surface area contributed by atoms with Crippen LogP contribution < -0.4 is 0 Å². The topological polar surface area (TPSA) is 17.1 Å². The number of ketones is 1. The molecule has 0 N–H and O–H groups in total. The van der Waals surface area contributed by atoms with Crippen LogP contribution in [0.5, 0.6) is 0 Å². The standard InChI is InChI=1S/C18H18F2O/c1-12(2)9-13-5-3-6-14(10-13)17(21)11-15-7-4-8-16(19)18(15)20/h3-8,10,12H,9,11H2,1-2H3. The van der Waals surface area contributed by atoms with E-state index in [4.69, 9.17) is 0 Å². The molecule has 3 heteroatoms. The molecule has 0 amide bonds. The van der Waals surface area contributed by atoms with Crippen molar-refractivity contribution in [3.63, 3.8) is 0 Å². The van der Waals surface area contributed by atoms with Gasteiger partial charge in [-0.25, -0.2) is 8.78 Å². The fourth-order valence-corrected chi connectivity index (χ4v) is 2.30. The van der Waals surface area contributed by atoms with Gasteiger partial charge in [-0.2, -0.15) is 0 Å². The van der Waals surface area contributed by atoms with E-state index in [1.54, 1.807) is 6.07 Å². The van der Waals surface area contributed by atoms with Crippen molar-refractivity contribution >= 4 is 5.78 Å². The molecule has 110 valence electrons. The first-order valence-corrected chi connectivity index (χ1v) is 7.02. The van der Waals surface area contributed by atoms with Crippen molar-refractivity contribution < 1.29 is 13.6 Å².